The van der Waals surface area contributed by atoms with E-state index in [4.69, 9.17) is 0 Å². The van der Waals surface area contributed by atoms with E-state index in [-0.39, 0.29) is 25.6 Å². The Kier molecular flexibility index (Phi) is 4.82. The van der Waals surface area contributed by atoms with Crippen LogP contribution >= 0.6 is 0 Å². The molecule has 3 aliphatic heterocycles. The zero-order chi connectivity index (χ0) is 23.5. The minimum Gasteiger partial charge on any atom is -0.341 e. The van der Waals surface area contributed by atoms with E-state index in [9.17, 15) is 0 Å². The standard InChI is InChI=1S/C31H29N2Si.Ru/c1-18-14-15-24-22-11-7-8-12-23(22)25-16-17-27-31-30(25)33(29(24)20(18)3)21(4)32(31)28-19(2)10-9-13-26(28)34(27,5)6;/h7-13,15-17,21H,1-6H3;/q-1;+1/t21-;/m1./s1. The number of aryl methyl sites for hydroxylation is 2. The summed E-state index contributed by atoms with van der Waals surface area (Å²) in [5.41, 5.74) is 14.8. The topological polar surface area (TPSA) is 6.48 Å². The van der Waals surface area contributed by atoms with Crippen LogP contribution in [-0.2, 0) is 19.5 Å². The normalized spacial score (nSPS) is 17.6. The fourth-order valence-corrected chi connectivity index (χ4v) is 9.75. The number of hydrogen-bond acceptors (Lipinski definition) is 2. The molecule has 0 N–H and O–H groups in total. The molecule has 175 valence electrons. The predicted octanol–water partition coefficient (Wildman–Crippen LogP) is 6.83. The van der Waals surface area contributed by atoms with Crippen LogP contribution in [0.4, 0.5) is 22.7 Å². The number of benzene rings is 4. The van der Waals surface area contributed by atoms with Gasteiger partial charge in [-0.25, -0.2) is 0 Å². The van der Waals surface area contributed by atoms with Crippen molar-refractivity contribution in [2.45, 2.75) is 47.0 Å². The van der Waals surface area contributed by atoms with Crippen molar-refractivity contribution in [1.29, 1.82) is 0 Å². The molecule has 0 saturated carbocycles. The first-order valence-electron chi connectivity index (χ1n) is 12.3. The Hall–Kier alpha value is -2.68. The molecule has 1 atom stereocenters. The summed E-state index contributed by atoms with van der Waals surface area (Å²) in [5.74, 6) is 0. The van der Waals surface area contributed by atoms with Crippen LogP contribution in [0.3, 0.4) is 0 Å². The minimum atomic E-state index is -1.87. The second-order valence-corrected chi connectivity index (χ2v) is 15.0. The zero-order valence-electron chi connectivity index (χ0n) is 21.1. The number of para-hydroxylation sites is 1. The zero-order valence-corrected chi connectivity index (χ0v) is 23.8. The van der Waals surface area contributed by atoms with Crippen LogP contribution in [0.1, 0.15) is 23.6 Å². The average Bonchev–Trinajstić information content (AvgIpc) is 3.04. The number of anilines is 4. The van der Waals surface area contributed by atoms with Crippen LogP contribution in [0.25, 0.3) is 22.3 Å². The molecule has 0 unspecified atom stereocenters. The van der Waals surface area contributed by atoms with Gasteiger partial charge >= 0.3 is 19.5 Å². The van der Waals surface area contributed by atoms with Gasteiger partial charge in [-0.15, -0.1) is 11.1 Å². The Balaban J connectivity index is 0.00000229. The molecule has 1 radical (unpaired) electrons. The monoisotopic (exact) mass is 559 g/mol. The molecule has 0 saturated heterocycles. The van der Waals surface area contributed by atoms with Gasteiger partial charge in [0, 0.05) is 11.3 Å². The molecule has 4 heteroatoms. The van der Waals surface area contributed by atoms with Crippen LogP contribution in [0.5, 0.6) is 0 Å². The maximum atomic E-state index is 3.55. The Bertz CT molecular complexity index is 1550. The van der Waals surface area contributed by atoms with Crippen molar-refractivity contribution >= 4 is 41.2 Å². The van der Waals surface area contributed by atoms with Crippen molar-refractivity contribution in [2.24, 2.45) is 0 Å². The smallest absolute Gasteiger partial charge is 0.341 e. The summed E-state index contributed by atoms with van der Waals surface area (Å²) in [4.78, 5) is 5.30. The molecule has 3 aliphatic rings. The molecule has 4 aromatic rings. The summed E-state index contributed by atoms with van der Waals surface area (Å²) in [5, 5.41) is 3.11. The maximum Gasteiger partial charge on any atom is 1.00 e. The number of hydrogen-bond donors (Lipinski definition) is 0. The van der Waals surface area contributed by atoms with Gasteiger partial charge in [-0.2, -0.15) is 17.7 Å². The average molecular weight is 559 g/mol. The van der Waals surface area contributed by atoms with E-state index in [1.807, 2.05) is 0 Å². The van der Waals surface area contributed by atoms with Gasteiger partial charge in [0.25, 0.3) is 0 Å². The Labute approximate surface area is 222 Å². The maximum absolute atomic E-state index is 3.55. The molecule has 4 aromatic carbocycles. The third-order valence-electron chi connectivity index (χ3n) is 8.56. The van der Waals surface area contributed by atoms with Crippen molar-refractivity contribution in [3.05, 3.63) is 83.4 Å². The van der Waals surface area contributed by atoms with E-state index in [1.165, 1.54) is 61.7 Å². The molecular formula is C31H29N2RuSi. The van der Waals surface area contributed by atoms with E-state index < -0.39 is 8.07 Å². The van der Waals surface area contributed by atoms with Crippen LogP contribution in [0.2, 0.25) is 13.1 Å². The van der Waals surface area contributed by atoms with Gasteiger partial charge in [-0.3, -0.25) is 0 Å². The third-order valence-corrected chi connectivity index (χ3v) is 12.1. The second kappa shape index (κ2) is 7.41. The van der Waals surface area contributed by atoms with Gasteiger partial charge in [-0.05, 0) is 35.3 Å². The number of rotatable bonds is 0. The van der Waals surface area contributed by atoms with Crippen molar-refractivity contribution in [2.75, 3.05) is 9.80 Å². The first-order valence-corrected chi connectivity index (χ1v) is 15.3. The van der Waals surface area contributed by atoms with Crippen molar-refractivity contribution in [3.8, 4) is 22.3 Å². The number of nitrogens with zero attached hydrogens (tertiary/aromatic N) is 2. The van der Waals surface area contributed by atoms with E-state index in [2.05, 4.69) is 117 Å². The Morgan fingerprint density at radius 1 is 0.686 bits per heavy atom. The van der Waals surface area contributed by atoms with Crippen LogP contribution < -0.4 is 20.2 Å². The molecular weight excluding hydrogens is 530 g/mol. The van der Waals surface area contributed by atoms with Crippen LogP contribution in [-0.4, -0.2) is 14.2 Å². The first-order chi connectivity index (χ1) is 16.3. The summed E-state index contributed by atoms with van der Waals surface area (Å²) in [6.45, 7) is 14.2. The van der Waals surface area contributed by atoms with Gasteiger partial charge < -0.3 is 9.80 Å². The predicted molar refractivity (Wildman–Crippen MR) is 147 cm³/mol. The summed E-state index contributed by atoms with van der Waals surface area (Å²) in [6, 6.07) is 26.5. The molecule has 0 fully saturated rings. The van der Waals surface area contributed by atoms with Gasteiger partial charge in [0.2, 0.25) is 0 Å². The third kappa shape index (κ3) is 2.68. The van der Waals surface area contributed by atoms with E-state index in [0.717, 1.165) is 0 Å². The Morgan fingerprint density at radius 3 is 2.09 bits per heavy atom. The molecule has 0 spiro atoms. The summed E-state index contributed by atoms with van der Waals surface area (Å²) < 4.78 is 0. The van der Waals surface area contributed by atoms with E-state index in [0.29, 0.717) is 0 Å². The van der Waals surface area contributed by atoms with Gasteiger partial charge in [0.15, 0.2) is 0 Å². The van der Waals surface area contributed by atoms with Crippen molar-refractivity contribution < 1.29 is 19.5 Å². The summed E-state index contributed by atoms with van der Waals surface area (Å²) >= 11 is 0. The summed E-state index contributed by atoms with van der Waals surface area (Å²) in [7, 11) is -1.87. The quantitative estimate of drug-likeness (QED) is 0.172. The van der Waals surface area contributed by atoms with Crippen LogP contribution in [0, 0.1) is 26.8 Å². The molecule has 3 heterocycles. The Morgan fingerprint density at radius 2 is 1.34 bits per heavy atom. The van der Waals surface area contributed by atoms with E-state index >= 15 is 0 Å². The molecule has 0 bridgehead atoms. The molecule has 2 nitrogen and oxygen atoms in total. The SMILES string of the molecule is Cc1[c-]cc2c(c1C)N1c3c(ccc4c3N(c3c(C)cccc3[Si]4(C)C)[C@H]1C)-c1ccccc1-2.[Ru+]. The fraction of sp³-hybridized carbons (Fsp3) is 0.226. The largest absolute Gasteiger partial charge is 1.00 e. The molecule has 0 aromatic heterocycles. The molecule has 7 rings (SSSR count). The van der Waals surface area contributed by atoms with Gasteiger partial charge in [-0.1, -0.05) is 92.8 Å². The first kappa shape index (κ1) is 22.8. The second-order valence-electron chi connectivity index (χ2n) is 10.7. The van der Waals surface area contributed by atoms with Gasteiger partial charge in [0.05, 0.1) is 11.4 Å². The molecule has 0 amide bonds. The summed E-state index contributed by atoms with van der Waals surface area (Å²) in [6.07, 6.45) is 0.188. The molecule has 35 heavy (non-hydrogen) atoms. The van der Waals surface area contributed by atoms with E-state index in [1.54, 1.807) is 10.4 Å². The van der Waals surface area contributed by atoms with Crippen molar-refractivity contribution in [3.63, 3.8) is 0 Å². The van der Waals surface area contributed by atoms with Gasteiger partial charge in [0.1, 0.15) is 14.2 Å². The van der Waals surface area contributed by atoms with Crippen LogP contribution in [0.15, 0.2) is 60.7 Å². The van der Waals surface area contributed by atoms with Crippen molar-refractivity contribution in [1.82, 2.24) is 0 Å². The number of fused-ring (bicyclic) bond motifs is 7. The molecule has 0 aliphatic carbocycles. The minimum absolute atomic E-state index is 0. The fourth-order valence-electron chi connectivity index (χ4n) is 6.71.